The smallest absolute Gasteiger partial charge is 0.335 e. The van der Waals surface area contributed by atoms with Crippen LogP contribution in [-0.2, 0) is 13.0 Å². The molecule has 1 fully saturated rings. The summed E-state index contributed by atoms with van der Waals surface area (Å²) in [6.07, 6.45) is 2.36. The van der Waals surface area contributed by atoms with Gasteiger partial charge >= 0.3 is 5.97 Å². The molecule has 21 heavy (non-hydrogen) atoms. The summed E-state index contributed by atoms with van der Waals surface area (Å²) in [6.45, 7) is 0.801. The molecule has 0 saturated heterocycles. The fourth-order valence-electron chi connectivity index (χ4n) is 2.65. The van der Waals surface area contributed by atoms with E-state index >= 15 is 0 Å². The van der Waals surface area contributed by atoms with Gasteiger partial charge in [0.25, 0.3) is 0 Å². The van der Waals surface area contributed by atoms with Crippen LogP contribution in [0.25, 0.3) is 0 Å². The minimum atomic E-state index is -0.875. The number of carbonyl (C=O) groups is 1. The lowest BCUT2D eigenvalue weighted by molar-refractivity contribution is 0.0697. The maximum absolute atomic E-state index is 10.8. The molecule has 3 nitrogen and oxygen atoms in total. The van der Waals surface area contributed by atoms with Crippen molar-refractivity contribution >= 4 is 5.97 Å². The van der Waals surface area contributed by atoms with Crippen molar-refractivity contribution in [3.63, 3.8) is 0 Å². The van der Waals surface area contributed by atoms with Crippen molar-refractivity contribution in [3.8, 4) is 0 Å². The average molecular weight is 281 g/mol. The van der Waals surface area contributed by atoms with Gasteiger partial charge in [-0.1, -0.05) is 42.5 Å². The standard InChI is InChI=1S/C18H19NO2/c20-18(21)15-8-6-14(7-9-15)12-19-17-11-16(17)10-13-4-2-1-3-5-13/h1-9,16-17,19H,10-12H2,(H,20,21). The Morgan fingerprint density at radius 3 is 2.43 bits per heavy atom. The SMILES string of the molecule is O=C(O)c1ccc(CNC2CC2Cc2ccccc2)cc1. The number of aromatic carboxylic acids is 1. The van der Waals surface area contributed by atoms with Crippen LogP contribution in [0.15, 0.2) is 54.6 Å². The highest BCUT2D eigenvalue weighted by Gasteiger charge is 2.36. The lowest BCUT2D eigenvalue weighted by Crippen LogP contribution is -2.18. The highest BCUT2D eigenvalue weighted by molar-refractivity contribution is 5.87. The first-order valence-corrected chi connectivity index (χ1v) is 7.32. The van der Waals surface area contributed by atoms with Crippen molar-refractivity contribution in [1.82, 2.24) is 5.32 Å². The maximum Gasteiger partial charge on any atom is 0.335 e. The first kappa shape index (κ1) is 13.8. The molecule has 0 aromatic heterocycles. The van der Waals surface area contributed by atoms with E-state index in [1.54, 1.807) is 12.1 Å². The topological polar surface area (TPSA) is 49.3 Å². The van der Waals surface area contributed by atoms with Gasteiger partial charge in [0.05, 0.1) is 5.56 Å². The summed E-state index contributed by atoms with van der Waals surface area (Å²) in [6, 6.07) is 18.3. The molecule has 2 atom stereocenters. The third-order valence-electron chi connectivity index (χ3n) is 4.03. The van der Waals surface area contributed by atoms with Gasteiger partial charge in [-0.2, -0.15) is 0 Å². The zero-order valence-electron chi connectivity index (χ0n) is 11.8. The summed E-state index contributed by atoms with van der Waals surface area (Å²) in [5.74, 6) is -0.148. The maximum atomic E-state index is 10.8. The molecule has 3 heteroatoms. The van der Waals surface area contributed by atoms with Crippen LogP contribution in [0.5, 0.6) is 0 Å². The predicted octanol–water partition coefficient (Wildman–Crippen LogP) is 3.11. The number of nitrogens with one attached hydrogen (secondary N) is 1. The van der Waals surface area contributed by atoms with E-state index in [0.29, 0.717) is 11.6 Å². The summed E-state index contributed by atoms with van der Waals surface area (Å²) in [4.78, 5) is 10.8. The van der Waals surface area contributed by atoms with E-state index in [9.17, 15) is 4.79 Å². The van der Waals surface area contributed by atoms with E-state index in [1.807, 2.05) is 18.2 Å². The van der Waals surface area contributed by atoms with Crippen LogP contribution in [0.1, 0.15) is 27.9 Å². The summed E-state index contributed by atoms with van der Waals surface area (Å²) in [5.41, 5.74) is 2.87. The van der Waals surface area contributed by atoms with E-state index in [1.165, 1.54) is 12.0 Å². The van der Waals surface area contributed by atoms with E-state index < -0.39 is 5.97 Å². The van der Waals surface area contributed by atoms with Crippen molar-refractivity contribution in [1.29, 1.82) is 0 Å². The second-order valence-electron chi connectivity index (χ2n) is 5.67. The quantitative estimate of drug-likeness (QED) is 0.855. The van der Waals surface area contributed by atoms with Crippen LogP contribution in [0, 0.1) is 5.92 Å². The molecular formula is C18H19NO2. The van der Waals surface area contributed by atoms with Gasteiger partial charge < -0.3 is 10.4 Å². The normalized spacial score (nSPS) is 20.2. The fraction of sp³-hybridized carbons (Fsp3) is 0.278. The Morgan fingerprint density at radius 1 is 1.05 bits per heavy atom. The third-order valence-corrected chi connectivity index (χ3v) is 4.03. The molecule has 108 valence electrons. The monoisotopic (exact) mass is 281 g/mol. The Labute approximate surface area is 124 Å². The van der Waals surface area contributed by atoms with Crippen molar-refractivity contribution < 1.29 is 9.90 Å². The number of benzene rings is 2. The molecule has 1 saturated carbocycles. The lowest BCUT2D eigenvalue weighted by Gasteiger charge is -2.05. The van der Waals surface area contributed by atoms with Crippen molar-refractivity contribution in [2.24, 2.45) is 5.92 Å². The second kappa shape index (κ2) is 6.10. The minimum absolute atomic E-state index is 0.340. The Morgan fingerprint density at radius 2 is 1.76 bits per heavy atom. The zero-order valence-corrected chi connectivity index (χ0v) is 11.8. The molecule has 0 aliphatic heterocycles. The number of hydrogen-bond acceptors (Lipinski definition) is 2. The van der Waals surface area contributed by atoms with Crippen LogP contribution >= 0.6 is 0 Å². The molecule has 0 spiro atoms. The van der Waals surface area contributed by atoms with Crippen LogP contribution < -0.4 is 5.32 Å². The Kier molecular flexibility index (Phi) is 4.02. The van der Waals surface area contributed by atoms with Gasteiger partial charge in [-0.15, -0.1) is 0 Å². The highest BCUT2D eigenvalue weighted by atomic mass is 16.4. The minimum Gasteiger partial charge on any atom is -0.478 e. The third kappa shape index (κ3) is 3.70. The Hall–Kier alpha value is -2.13. The average Bonchev–Trinajstić information content (AvgIpc) is 3.24. The van der Waals surface area contributed by atoms with Crippen LogP contribution in [0.4, 0.5) is 0 Å². The number of carboxylic acid groups (broad SMARTS) is 1. The molecule has 0 amide bonds. The van der Waals surface area contributed by atoms with Gasteiger partial charge in [0, 0.05) is 12.6 Å². The molecule has 1 aliphatic carbocycles. The van der Waals surface area contributed by atoms with E-state index in [0.717, 1.165) is 24.4 Å². The van der Waals surface area contributed by atoms with Gasteiger partial charge in [-0.25, -0.2) is 4.79 Å². The summed E-state index contributed by atoms with van der Waals surface area (Å²) < 4.78 is 0. The Bertz CT molecular complexity index is 607. The molecule has 2 aromatic rings. The number of hydrogen-bond donors (Lipinski definition) is 2. The van der Waals surface area contributed by atoms with Crippen molar-refractivity contribution in [2.45, 2.75) is 25.4 Å². The summed E-state index contributed by atoms with van der Waals surface area (Å²) in [5, 5.41) is 12.4. The molecule has 0 radical (unpaired) electrons. The zero-order chi connectivity index (χ0) is 14.7. The highest BCUT2D eigenvalue weighted by Crippen LogP contribution is 2.33. The molecule has 2 unspecified atom stereocenters. The number of carboxylic acids is 1. The first-order valence-electron chi connectivity index (χ1n) is 7.32. The van der Waals surface area contributed by atoms with Gasteiger partial charge in [0.15, 0.2) is 0 Å². The van der Waals surface area contributed by atoms with Crippen molar-refractivity contribution in [3.05, 3.63) is 71.3 Å². The molecule has 0 heterocycles. The molecular weight excluding hydrogens is 262 g/mol. The molecule has 2 aromatic carbocycles. The van der Waals surface area contributed by atoms with Crippen LogP contribution in [-0.4, -0.2) is 17.1 Å². The van der Waals surface area contributed by atoms with Gasteiger partial charge in [-0.05, 0) is 42.0 Å². The molecule has 3 rings (SSSR count). The lowest BCUT2D eigenvalue weighted by atomic mass is 10.1. The molecule has 1 aliphatic rings. The van der Waals surface area contributed by atoms with Crippen molar-refractivity contribution in [2.75, 3.05) is 0 Å². The number of rotatable bonds is 6. The Balaban J connectivity index is 1.45. The summed E-state index contributed by atoms with van der Waals surface area (Å²) in [7, 11) is 0. The summed E-state index contributed by atoms with van der Waals surface area (Å²) >= 11 is 0. The molecule has 0 bridgehead atoms. The van der Waals surface area contributed by atoms with Gasteiger partial charge in [0.2, 0.25) is 0 Å². The molecule has 2 N–H and O–H groups in total. The predicted molar refractivity (Wildman–Crippen MR) is 82.3 cm³/mol. The fourth-order valence-corrected chi connectivity index (χ4v) is 2.65. The second-order valence-corrected chi connectivity index (χ2v) is 5.67. The van der Waals surface area contributed by atoms with Crippen LogP contribution in [0.3, 0.4) is 0 Å². The van der Waals surface area contributed by atoms with Gasteiger partial charge in [-0.3, -0.25) is 0 Å². The largest absolute Gasteiger partial charge is 0.478 e. The van der Waals surface area contributed by atoms with Crippen LogP contribution in [0.2, 0.25) is 0 Å². The van der Waals surface area contributed by atoms with E-state index in [2.05, 4.69) is 29.6 Å². The van der Waals surface area contributed by atoms with E-state index in [4.69, 9.17) is 5.11 Å². The van der Waals surface area contributed by atoms with E-state index in [-0.39, 0.29) is 0 Å². The first-order chi connectivity index (χ1) is 10.2. The van der Waals surface area contributed by atoms with Gasteiger partial charge in [0.1, 0.15) is 0 Å².